The Morgan fingerprint density at radius 1 is 1.59 bits per heavy atom. The van der Waals surface area contributed by atoms with E-state index in [1.165, 1.54) is 0 Å². The van der Waals surface area contributed by atoms with Gasteiger partial charge >= 0.3 is 0 Å². The number of alkyl halides is 2. The fraction of sp³-hybridized carbons (Fsp3) is 0.250. The molecular formula is C8H7F2N3O3S. The van der Waals surface area contributed by atoms with Crippen LogP contribution in [0.1, 0.15) is 17.7 Å². The van der Waals surface area contributed by atoms with Crippen molar-refractivity contribution in [2.75, 3.05) is 7.11 Å². The third-order valence-corrected chi connectivity index (χ3v) is 2.80. The number of nitriles is 1. The number of halogens is 2. The number of hydrogen-bond acceptors (Lipinski definition) is 5. The molecule has 0 saturated carbocycles. The van der Waals surface area contributed by atoms with Gasteiger partial charge in [0.2, 0.25) is 10.0 Å². The average molecular weight is 263 g/mol. The first-order valence-corrected chi connectivity index (χ1v) is 5.65. The number of pyridine rings is 1. The van der Waals surface area contributed by atoms with E-state index in [9.17, 15) is 17.2 Å². The number of sulfonamides is 1. The van der Waals surface area contributed by atoms with Crippen LogP contribution in [0.25, 0.3) is 0 Å². The zero-order valence-corrected chi connectivity index (χ0v) is 9.33. The van der Waals surface area contributed by atoms with Crippen LogP contribution in [0.5, 0.6) is 5.75 Å². The quantitative estimate of drug-likeness (QED) is 0.856. The van der Waals surface area contributed by atoms with Crippen molar-refractivity contribution in [3.8, 4) is 11.8 Å². The molecule has 0 radical (unpaired) electrons. The lowest BCUT2D eigenvalue weighted by atomic mass is 10.2. The smallest absolute Gasteiger partial charge is 0.281 e. The average Bonchev–Trinajstić information content (AvgIpc) is 2.25. The van der Waals surface area contributed by atoms with Crippen LogP contribution in [0.3, 0.4) is 0 Å². The largest absolute Gasteiger partial charge is 0.494 e. The molecule has 0 amide bonds. The second-order valence-corrected chi connectivity index (χ2v) is 4.38. The molecule has 0 spiro atoms. The molecule has 1 heterocycles. The molecule has 0 atom stereocenters. The predicted octanol–water partition coefficient (Wildman–Crippen LogP) is 0.547. The number of primary sulfonamides is 1. The maximum Gasteiger partial charge on any atom is 0.281 e. The van der Waals surface area contributed by atoms with Gasteiger partial charge in [0.25, 0.3) is 6.43 Å². The van der Waals surface area contributed by atoms with Crippen molar-refractivity contribution in [1.82, 2.24) is 4.98 Å². The molecule has 1 rings (SSSR count). The third kappa shape index (κ3) is 2.48. The number of ether oxygens (including phenoxy) is 1. The van der Waals surface area contributed by atoms with Crippen LogP contribution in [0.15, 0.2) is 11.1 Å². The topological polar surface area (TPSA) is 106 Å². The van der Waals surface area contributed by atoms with Crippen LogP contribution in [0, 0.1) is 11.3 Å². The van der Waals surface area contributed by atoms with Crippen molar-refractivity contribution in [3.05, 3.63) is 17.5 Å². The Bertz CT molecular complexity index is 580. The number of methoxy groups -OCH3 is 1. The summed E-state index contributed by atoms with van der Waals surface area (Å²) < 4.78 is 52.2. The van der Waals surface area contributed by atoms with Crippen molar-refractivity contribution in [2.24, 2.45) is 5.14 Å². The van der Waals surface area contributed by atoms with E-state index in [4.69, 9.17) is 10.4 Å². The van der Waals surface area contributed by atoms with Gasteiger partial charge in [-0.05, 0) is 0 Å². The van der Waals surface area contributed by atoms with Crippen LogP contribution in [-0.4, -0.2) is 20.5 Å². The van der Waals surface area contributed by atoms with Gasteiger partial charge in [0.1, 0.15) is 17.3 Å². The normalized spacial score (nSPS) is 11.3. The highest BCUT2D eigenvalue weighted by Crippen LogP contribution is 2.33. The highest BCUT2D eigenvalue weighted by Gasteiger charge is 2.29. The standard InChI is InChI=1S/C8H7F2N3O3S/c1-16-6-4(2-11)3-13-5(8(9)10)7(6)17(12,14)15/h3,8H,1H3,(H2,12,14,15). The summed E-state index contributed by atoms with van der Waals surface area (Å²) in [6, 6.07) is 1.57. The minimum absolute atomic E-state index is 0.291. The van der Waals surface area contributed by atoms with E-state index in [0.29, 0.717) is 0 Å². The summed E-state index contributed by atoms with van der Waals surface area (Å²) in [5.74, 6) is -0.527. The molecule has 92 valence electrons. The Morgan fingerprint density at radius 2 is 2.18 bits per heavy atom. The van der Waals surface area contributed by atoms with Gasteiger partial charge in [-0.25, -0.2) is 22.3 Å². The molecule has 0 unspecified atom stereocenters. The Morgan fingerprint density at radius 3 is 2.53 bits per heavy atom. The molecule has 1 aromatic heterocycles. The highest BCUT2D eigenvalue weighted by atomic mass is 32.2. The van der Waals surface area contributed by atoms with Crippen LogP contribution in [0.2, 0.25) is 0 Å². The van der Waals surface area contributed by atoms with E-state index in [-0.39, 0.29) is 5.56 Å². The maximum atomic E-state index is 12.6. The van der Waals surface area contributed by atoms with Gasteiger partial charge in [-0.3, -0.25) is 4.98 Å². The highest BCUT2D eigenvalue weighted by molar-refractivity contribution is 7.89. The van der Waals surface area contributed by atoms with Gasteiger partial charge in [-0.1, -0.05) is 0 Å². The number of aromatic nitrogens is 1. The summed E-state index contributed by atoms with van der Waals surface area (Å²) in [7, 11) is -3.43. The molecule has 0 aliphatic rings. The maximum absolute atomic E-state index is 12.6. The van der Waals surface area contributed by atoms with Crippen molar-refractivity contribution in [3.63, 3.8) is 0 Å². The number of nitrogens with two attached hydrogens (primary N) is 1. The Labute approximate surface area is 95.7 Å². The van der Waals surface area contributed by atoms with Crippen molar-refractivity contribution < 1.29 is 21.9 Å². The van der Waals surface area contributed by atoms with Gasteiger partial charge in [0.05, 0.1) is 7.11 Å². The molecule has 6 nitrogen and oxygen atoms in total. The fourth-order valence-electron chi connectivity index (χ4n) is 1.20. The number of rotatable bonds is 3. The molecule has 17 heavy (non-hydrogen) atoms. The van der Waals surface area contributed by atoms with E-state index < -0.39 is 32.8 Å². The minimum Gasteiger partial charge on any atom is -0.494 e. The SMILES string of the molecule is COc1c(C#N)cnc(C(F)F)c1S(N)(=O)=O. The number of hydrogen-bond donors (Lipinski definition) is 1. The summed E-state index contributed by atoms with van der Waals surface area (Å²) in [5.41, 5.74) is -1.33. The molecule has 0 aliphatic heterocycles. The van der Waals surface area contributed by atoms with E-state index in [2.05, 4.69) is 9.72 Å². The summed E-state index contributed by atoms with van der Waals surface area (Å²) in [6.07, 6.45) is -2.35. The first-order valence-electron chi connectivity index (χ1n) is 4.10. The van der Waals surface area contributed by atoms with Gasteiger partial charge in [0, 0.05) is 6.20 Å². The summed E-state index contributed by atoms with van der Waals surface area (Å²) >= 11 is 0. The zero-order valence-electron chi connectivity index (χ0n) is 8.52. The molecule has 0 saturated heterocycles. The van der Waals surface area contributed by atoms with Crippen molar-refractivity contribution in [1.29, 1.82) is 5.26 Å². The van der Waals surface area contributed by atoms with E-state index in [1.807, 2.05) is 0 Å². The molecule has 9 heteroatoms. The monoisotopic (exact) mass is 263 g/mol. The van der Waals surface area contributed by atoms with Gasteiger partial charge in [-0.15, -0.1) is 0 Å². The number of nitrogens with zero attached hydrogens (tertiary/aromatic N) is 2. The summed E-state index contributed by atoms with van der Waals surface area (Å²) in [4.78, 5) is 2.25. The summed E-state index contributed by atoms with van der Waals surface area (Å²) in [5, 5.41) is 13.5. The molecular weight excluding hydrogens is 256 g/mol. The second kappa shape index (κ2) is 4.60. The zero-order chi connectivity index (χ0) is 13.2. The van der Waals surface area contributed by atoms with Crippen molar-refractivity contribution >= 4 is 10.0 Å². The second-order valence-electron chi connectivity index (χ2n) is 2.88. The molecule has 0 aliphatic carbocycles. The van der Waals surface area contributed by atoms with Crippen molar-refractivity contribution in [2.45, 2.75) is 11.3 Å². The summed E-state index contributed by atoms with van der Waals surface area (Å²) in [6.45, 7) is 0. The van der Waals surface area contributed by atoms with Gasteiger partial charge in [0.15, 0.2) is 10.6 Å². The first kappa shape index (κ1) is 13.3. The molecule has 0 bridgehead atoms. The molecule has 0 fully saturated rings. The van der Waals surface area contributed by atoms with Crippen LogP contribution >= 0.6 is 0 Å². The lowest BCUT2D eigenvalue weighted by Crippen LogP contribution is -2.18. The predicted molar refractivity (Wildman–Crippen MR) is 51.8 cm³/mol. The van der Waals surface area contributed by atoms with E-state index in [1.54, 1.807) is 6.07 Å². The molecule has 2 N–H and O–H groups in total. The third-order valence-electron chi connectivity index (χ3n) is 1.83. The Hall–Kier alpha value is -1.79. The fourth-order valence-corrected chi connectivity index (χ4v) is 2.09. The lowest BCUT2D eigenvalue weighted by molar-refractivity contribution is 0.141. The van der Waals surface area contributed by atoms with Crippen LogP contribution in [-0.2, 0) is 10.0 Å². The Balaban J connectivity index is 3.77. The lowest BCUT2D eigenvalue weighted by Gasteiger charge is -2.11. The van der Waals surface area contributed by atoms with E-state index >= 15 is 0 Å². The van der Waals surface area contributed by atoms with Crippen LogP contribution < -0.4 is 9.88 Å². The first-order chi connectivity index (χ1) is 7.82. The Kier molecular flexibility index (Phi) is 3.59. The van der Waals surface area contributed by atoms with Gasteiger partial charge in [-0.2, -0.15) is 5.26 Å². The van der Waals surface area contributed by atoms with Crippen LogP contribution in [0.4, 0.5) is 8.78 Å². The minimum atomic E-state index is -4.47. The molecule has 1 aromatic rings. The van der Waals surface area contributed by atoms with E-state index in [0.717, 1.165) is 13.3 Å². The molecule has 0 aromatic carbocycles. The van der Waals surface area contributed by atoms with Gasteiger partial charge < -0.3 is 4.74 Å².